The first-order valence-electron chi connectivity index (χ1n) is 11.9. The minimum atomic E-state index is -0.399. The molecule has 0 fully saturated rings. The molecule has 0 spiro atoms. The van der Waals surface area contributed by atoms with Crippen LogP contribution < -0.4 is 10.2 Å². The third-order valence-corrected chi connectivity index (χ3v) is 7.37. The van der Waals surface area contributed by atoms with E-state index >= 15 is 0 Å². The zero-order chi connectivity index (χ0) is 26.0. The average molecular weight is 529 g/mol. The number of thioether (sulfide) groups is 1. The number of benzene rings is 2. The van der Waals surface area contributed by atoms with Gasteiger partial charge in [0.05, 0.1) is 22.4 Å². The summed E-state index contributed by atoms with van der Waals surface area (Å²) >= 11 is 7.74. The van der Waals surface area contributed by atoms with Crippen molar-refractivity contribution in [1.29, 1.82) is 0 Å². The smallest absolute Gasteiger partial charge is 0.240 e. The van der Waals surface area contributed by atoms with E-state index in [0.29, 0.717) is 23.1 Å². The van der Waals surface area contributed by atoms with Crippen LogP contribution in [0, 0.1) is 5.82 Å². The highest BCUT2D eigenvalue weighted by Crippen LogP contribution is 2.48. The number of nitrogens with one attached hydrogen (secondary N) is 1. The number of halogens is 2. The Morgan fingerprint density at radius 3 is 2.64 bits per heavy atom. The van der Waals surface area contributed by atoms with Crippen molar-refractivity contribution in [2.75, 3.05) is 23.7 Å². The predicted molar refractivity (Wildman–Crippen MR) is 144 cm³/mol. The minimum Gasteiger partial charge on any atom is -0.355 e. The molecule has 0 bridgehead atoms. The highest BCUT2D eigenvalue weighted by atomic mass is 35.5. The van der Waals surface area contributed by atoms with Crippen LogP contribution in [0.3, 0.4) is 0 Å². The fourth-order valence-corrected chi connectivity index (χ4v) is 5.63. The second kappa shape index (κ2) is 10.6. The number of hydrogen-bond donors (Lipinski definition) is 1. The Bertz CT molecular complexity index is 1290. The predicted octanol–water partition coefficient (Wildman–Crippen LogP) is 5.66. The number of rotatable bonds is 6. The lowest BCUT2D eigenvalue weighted by atomic mass is 9.87. The van der Waals surface area contributed by atoms with E-state index in [9.17, 15) is 14.0 Å². The van der Waals surface area contributed by atoms with Gasteiger partial charge in [0.1, 0.15) is 18.2 Å². The lowest BCUT2D eigenvalue weighted by Gasteiger charge is -2.24. The molecule has 0 saturated heterocycles. The summed E-state index contributed by atoms with van der Waals surface area (Å²) < 4.78 is 16.0. The van der Waals surface area contributed by atoms with Gasteiger partial charge in [-0.05, 0) is 42.3 Å². The van der Waals surface area contributed by atoms with Gasteiger partial charge in [-0.1, -0.05) is 57.5 Å². The standard InChI is InChI=1S/C27H30ClFN4O2S/c1-5-12-30-21(34)15-32-22(35)16-36-24(17-8-6-10-19(29)13-17)23-25(27(2,3)4)31-33(26(23)32)20-11-7-9-18(28)14-20/h6-11,13-14,24H,5,12,15-16H2,1-4H3,(H,30,34)/t24-/m0/s1. The molecule has 1 aliphatic heterocycles. The fourth-order valence-electron chi connectivity index (χ4n) is 4.26. The van der Waals surface area contributed by atoms with Crippen molar-refractivity contribution in [3.8, 4) is 5.69 Å². The number of aromatic nitrogens is 2. The molecule has 1 N–H and O–H groups in total. The topological polar surface area (TPSA) is 67.2 Å². The zero-order valence-electron chi connectivity index (χ0n) is 20.8. The monoisotopic (exact) mass is 528 g/mol. The van der Waals surface area contributed by atoms with Crippen LogP contribution in [-0.4, -0.2) is 40.4 Å². The van der Waals surface area contributed by atoms with Crippen molar-refractivity contribution < 1.29 is 14.0 Å². The first-order chi connectivity index (χ1) is 17.1. The molecule has 3 aromatic rings. The second-order valence-corrected chi connectivity index (χ2v) is 11.3. The average Bonchev–Trinajstić information content (AvgIpc) is 3.16. The summed E-state index contributed by atoms with van der Waals surface area (Å²) in [5.74, 6) is -0.161. The summed E-state index contributed by atoms with van der Waals surface area (Å²) in [6, 6.07) is 13.7. The highest BCUT2D eigenvalue weighted by molar-refractivity contribution is 8.00. The largest absolute Gasteiger partial charge is 0.355 e. The number of fused-ring (bicyclic) bond motifs is 1. The molecule has 190 valence electrons. The Kier molecular flexibility index (Phi) is 7.76. The molecule has 1 atom stereocenters. The van der Waals surface area contributed by atoms with E-state index in [1.54, 1.807) is 22.9 Å². The molecule has 0 radical (unpaired) electrons. The molecule has 9 heteroatoms. The fraction of sp³-hybridized carbons (Fsp3) is 0.370. The van der Waals surface area contributed by atoms with Crippen LogP contribution >= 0.6 is 23.4 Å². The first-order valence-corrected chi connectivity index (χ1v) is 13.4. The number of hydrogen-bond acceptors (Lipinski definition) is 4. The van der Waals surface area contributed by atoms with E-state index in [-0.39, 0.29) is 35.2 Å². The lowest BCUT2D eigenvalue weighted by molar-refractivity contribution is -0.122. The van der Waals surface area contributed by atoms with Crippen LogP contribution in [0.4, 0.5) is 10.2 Å². The molecule has 36 heavy (non-hydrogen) atoms. The maximum Gasteiger partial charge on any atom is 0.240 e. The van der Waals surface area contributed by atoms with Gasteiger partial charge >= 0.3 is 0 Å². The summed E-state index contributed by atoms with van der Waals surface area (Å²) in [5.41, 5.74) is 2.58. The minimum absolute atomic E-state index is 0.135. The van der Waals surface area contributed by atoms with Crippen molar-refractivity contribution in [1.82, 2.24) is 15.1 Å². The number of carbonyl (C=O) groups is 2. The Hall–Kier alpha value is -2.84. The maximum absolute atomic E-state index is 14.3. The summed E-state index contributed by atoms with van der Waals surface area (Å²) in [6.45, 7) is 8.51. The van der Waals surface area contributed by atoms with E-state index in [2.05, 4.69) is 26.1 Å². The molecule has 0 aliphatic carbocycles. The number of nitrogens with zero attached hydrogens (tertiary/aromatic N) is 3. The molecule has 6 nitrogen and oxygen atoms in total. The summed E-state index contributed by atoms with van der Waals surface area (Å²) in [5, 5.41) is 8.03. The van der Waals surface area contributed by atoms with Crippen molar-refractivity contribution in [3.63, 3.8) is 0 Å². The highest BCUT2D eigenvalue weighted by Gasteiger charge is 2.40. The third kappa shape index (κ3) is 5.44. The van der Waals surface area contributed by atoms with Gasteiger partial charge < -0.3 is 5.32 Å². The van der Waals surface area contributed by atoms with E-state index in [0.717, 1.165) is 23.2 Å². The summed E-state index contributed by atoms with van der Waals surface area (Å²) in [6.07, 6.45) is 0.789. The van der Waals surface area contributed by atoms with Crippen LogP contribution in [0.15, 0.2) is 48.5 Å². The van der Waals surface area contributed by atoms with Gasteiger partial charge in [0.25, 0.3) is 0 Å². The van der Waals surface area contributed by atoms with E-state index in [1.165, 1.54) is 28.8 Å². The Morgan fingerprint density at radius 1 is 1.22 bits per heavy atom. The molecule has 2 amide bonds. The van der Waals surface area contributed by atoms with Crippen molar-refractivity contribution >= 4 is 41.0 Å². The van der Waals surface area contributed by atoms with Gasteiger partial charge in [0.2, 0.25) is 11.8 Å². The summed E-state index contributed by atoms with van der Waals surface area (Å²) in [7, 11) is 0. The molecule has 2 aromatic carbocycles. The van der Waals surface area contributed by atoms with Gasteiger partial charge in [-0.25, -0.2) is 9.07 Å². The van der Waals surface area contributed by atoms with Crippen LogP contribution in [0.1, 0.15) is 56.2 Å². The van der Waals surface area contributed by atoms with Gasteiger partial charge in [0, 0.05) is 22.5 Å². The Balaban J connectivity index is 2.00. The number of anilines is 1. The molecule has 0 unspecified atom stereocenters. The van der Waals surface area contributed by atoms with Crippen LogP contribution in [-0.2, 0) is 15.0 Å². The molecule has 1 aliphatic rings. The molecule has 4 rings (SSSR count). The molecule has 1 aromatic heterocycles. The van der Waals surface area contributed by atoms with Gasteiger partial charge in [0.15, 0.2) is 0 Å². The van der Waals surface area contributed by atoms with Crippen LogP contribution in [0.25, 0.3) is 5.69 Å². The van der Waals surface area contributed by atoms with Gasteiger partial charge in [-0.2, -0.15) is 5.10 Å². The van der Waals surface area contributed by atoms with E-state index in [1.807, 2.05) is 25.1 Å². The summed E-state index contributed by atoms with van der Waals surface area (Å²) in [4.78, 5) is 27.9. The van der Waals surface area contributed by atoms with E-state index in [4.69, 9.17) is 16.7 Å². The quantitative estimate of drug-likeness (QED) is 0.448. The van der Waals surface area contributed by atoms with Crippen LogP contribution in [0.2, 0.25) is 5.02 Å². The van der Waals surface area contributed by atoms with E-state index < -0.39 is 5.41 Å². The van der Waals surface area contributed by atoms with Gasteiger partial charge in [-0.15, -0.1) is 11.8 Å². The van der Waals surface area contributed by atoms with Crippen molar-refractivity contribution in [3.05, 3.63) is 76.2 Å². The van der Waals surface area contributed by atoms with Crippen LogP contribution in [0.5, 0.6) is 0 Å². The van der Waals surface area contributed by atoms with Gasteiger partial charge in [-0.3, -0.25) is 14.5 Å². The third-order valence-electron chi connectivity index (χ3n) is 5.88. The number of carbonyl (C=O) groups excluding carboxylic acids is 2. The second-order valence-electron chi connectivity index (χ2n) is 9.80. The molecular formula is C27H30ClFN4O2S. The maximum atomic E-state index is 14.3. The zero-order valence-corrected chi connectivity index (χ0v) is 22.4. The number of amides is 2. The Morgan fingerprint density at radius 2 is 1.97 bits per heavy atom. The van der Waals surface area contributed by atoms with Crippen molar-refractivity contribution in [2.45, 2.75) is 44.8 Å². The SMILES string of the molecule is CCCNC(=O)CN1C(=O)CS[C@@H](c2cccc(F)c2)c2c(C(C)(C)C)nn(-c3cccc(Cl)c3)c21. The van der Waals surface area contributed by atoms with Crippen molar-refractivity contribution in [2.24, 2.45) is 0 Å². The lowest BCUT2D eigenvalue weighted by Crippen LogP contribution is -2.42. The molecular weight excluding hydrogens is 499 g/mol. The Labute approximate surface area is 220 Å². The molecule has 2 heterocycles. The molecule has 0 saturated carbocycles. The first kappa shape index (κ1) is 26.2. The normalized spacial score (nSPS) is 16.0.